The number of phenolic OH excluding ortho intramolecular Hbond substituents is 1. The normalized spacial score (nSPS) is 14.6. The fourth-order valence-corrected chi connectivity index (χ4v) is 5.00. The van der Waals surface area contributed by atoms with Crippen molar-refractivity contribution in [1.82, 2.24) is 19.5 Å². The number of para-hydroxylation sites is 1. The molecule has 1 saturated heterocycles. The van der Waals surface area contributed by atoms with Gasteiger partial charge in [0.25, 0.3) is 5.91 Å². The molecule has 5 rings (SSSR count). The van der Waals surface area contributed by atoms with Gasteiger partial charge in [0.1, 0.15) is 11.6 Å². The molecule has 1 aliphatic heterocycles. The largest absolute Gasteiger partial charge is 0.507 e. The SMILES string of the molecule is CCO/C(=C\c1ccccc1)C(=O)N1CCC(CNc2cc(-c3ccccc3O)nc3c(Br)cnn23)CC1. The van der Waals surface area contributed by atoms with Crippen molar-refractivity contribution in [2.45, 2.75) is 19.8 Å². The Kier molecular flexibility index (Phi) is 7.93. The van der Waals surface area contributed by atoms with Gasteiger partial charge in [-0.25, -0.2) is 4.98 Å². The van der Waals surface area contributed by atoms with Crippen LogP contribution in [0.3, 0.4) is 0 Å². The van der Waals surface area contributed by atoms with E-state index < -0.39 is 0 Å². The summed E-state index contributed by atoms with van der Waals surface area (Å²) < 4.78 is 8.25. The molecule has 0 spiro atoms. The molecule has 0 aliphatic carbocycles. The van der Waals surface area contributed by atoms with Crippen molar-refractivity contribution in [3.63, 3.8) is 0 Å². The fraction of sp³-hybridized carbons (Fsp3) is 0.276. The number of benzene rings is 2. The smallest absolute Gasteiger partial charge is 0.288 e. The first kappa shape index (κ1) is 25.8. The maximum atomic E-state index is 13.2. The molecule has 38 heavy (non-hydrogen) atoms. The summed E-state index contributed by atoms with van der Waals surface area (Å²) in [5.41, 5.74) is 2.93. The number of hydrogen-bond acceptors (Lipinski definition) is 6. The third-order valence-corrected chi connectivity index (χ3v) is 7.25. The van der Waals surface area contributed by atoms with E-state index in [0.717, 1.165) is 35.2 Å². The number of likely N-dealkylation sites (tertiary alicyclic amines) is 1. The third-order valence-electron chi connectivity index (χ3n) is 6.69. The number of aromatic hydroxyl groups is 1. The zero-order valence-corrected chi connectivity index (χ0v) is 22.8. The second kappa shape index (κ2) is 11.7. The van der Waals surface area contributed by atoms with Crippen molar-refractivity contribution in [2.24, 2.45) is 5.92 Å². The van der Waals surface area contributed by atoms with Gasteiger partial charge in [-0.3, -0.25) is 4.79 Å². The lowest BCUT2D eigenvalue weighted by Gasteiger charge is -2.32. The molecule has 2 N–H and O–H groups in total. The molecular weight excluding hydrogens is 546 g/mol. The molecule has 196 valence electrons. The summed E-state index contributed by atoms with van der Waals surface area (Å²) >= 11 is 3.53. The maximum Gasteiger partial charge on any atom is 0.288 e. The number of halogens is 1. The molecule has 4 aromatic rings. The van der Waals surface area contributed by atoms with E-state index in [4.69, 9.17) is 9.72 Å². The monoisotopic (exact) mass is 575 g/mol. The van der Waals surface area contributed by atoms with Gasteiger partial charge in [-0.2, -0.15) is 9.61 Å². The van der Waals surface area contributed by atoms with Gasteiger partial charge in [0.05, 0.1) is 23.0 Å². The molecule has 0 bridgehead atoms. The number of nitrogens with zero attached hydrogens (tertiary/aromatic N) is 4. The van der Waals surface area contributed by atoms with Crippen LogP contribution in [0.4, 0.5) is 5.82 Å². The van der Waals surface area contributed by atoms with Crippen LogP contribution >= 0.6 is 15.9 Å². The van der Waals surface area contributed by atoms with E-state index in [2.05, 4.69) is 26.3 Å². The average molecular weight is 576 g/mol. The van der Waals surface area contributed by atoms with Crippen molar-refractivity contribution in [3.05, 3.63) is 82.7 Å². The Morgan fingerprint density at radius 2 is 1.89 bits per heavy atom. The quantitative estimate of drug-likeness (QED) is 0.210. The van der Waals surface area contributed by atoms with Crippen molar-refractivity contribution in [2.75, 3.05) is 31.6 Å². The summed E-state index contributed by atoms with van der Waals surface area (Å²) in [6.07, 6.45) is 5.29. The Morgan fingerprint density at radius 3 is 2.63 bits per heavy atom. The molecule has 2 aromatic carbocycles. The van der Waals surface area contributed by atoms with Gasteiger partial charge < -0.3 is 20.1 Å². The van der Waals surface area contributed by atoms with E-state index >= 15 is 0 Å². The van der Waals surface area contributed by atoms with E-state index in [-0.39, 0.29) is 11.7 Å². The van der Waals surface area contributed by atoms with Crippen molar-refractivity contribution >= 4 is 39.4 Å². The summed E-state index contributed by atoms with van der Waals surface area (Å²) in [7, 11) is 0. The molecule has 1 amide bonds. The number of nitrogens with one attached hydrogen (secondary N) is 1. The predicted molar refractivity (Wildman–Crippen MR) is 152 cm³/mol. The van der Waals surface area contributed by atoms with Crippen molar-refractivity contribution < 1.29 is 14.6 Å². The number of hydrogen-bond donors (Lipinski definition) is 2. The Balaban J connectivity index is 1.26. The minimum atomic E-state index is -0.0633. The average Bonchev–Trinajstić information content (AvgIpc) is 3.33. The summed E-state index contributed by atoms with van der Waals surface area (Å²) in [4.78, 5) is 19.8. The van der Waals surface area contributed by atoms with Crippen LogP contribution in [0, 0.1) is 5.92 Å². The standard InChI is InChI=1S/C29H30BrN5O3/c1-2-38-26(16-20-8-4-3-5-9-20)29(37)34-14-12-21(13-15-34)18-31-27-17-24(22-10-6-7-11-25(22)36)33-28-23(30)19-32-35(27)28/h3-11,16-17,19,21,31,36H,2,12-15,18H2,1H3/b26-16-. The molecule has 3 heterocycles. The molecule has 0 radical (unpaired) electrons. The van der Waals surface area contributed by atoms with E-state index in [9.17, 15) is 9.90 Å². The lowest BCUT2D eigenvalue weighted by molar-refractivity contribution is -0.131. The van der Waals surface area contributed by atoms with E-state index in [1.165, 1.54) is 0 Å². The highest BCUT2D eigenvalue weighted by Crippen LogP contribution is 2.31. The molecular formula is C29H30BrN5O3. The van der Waals surface area contributed by atoms with Crippen LogP contribution in [0.5, 0.6) is 5.75 Å². The first-order valence-corrected chi connectivity index (χ1v) is 13.6. The molecule has 0 unspecified atom stereocenters. The summed E-state index contributed by atoms with van der Waals surface area (Å²) in [5.74, 6) is 1.68. The number of piperidine rings is 1. The first-order chi connectivity index (χ1) is 18.5. The highest BCUT2D eigenvalue weighted by atomic mass is 79.9. The summed E-state index contributed by atoms with van der Waals surface area (Å²) in [6.45, 7) is 4.41. The minimum absolute atomic E-state index is 0.0633. The fourth-order valence-electron chi connectivity index (χ4n) is 4.66. The van der Waals surface area contributed by atoms with Crippen LogP contribution in [0.15, 0.2) is 77.1 Å². The van der Waals surface area contributed by atoms with Crippen LogP contribution in [0.2, 0.25) is 0 Å². The molecule has 1 fully saturated rings. The Hall–Kier alpha value is -3.85. The van der Waals surface area contributed by atoms with Crippen LogP contribution in [-0.2, 0) is 9.53 Å². The number of carbonyl (C=O) groups is 1. The molecule has 0 atom stereocenters. The van der Waals surface area contributed by atoms with Gasteiger partial charge in [-0.05, 0) is 65.4 Å². The number of phenols is 1. The van der Waals surface area contributed by atoms with Crippen LogP contribution in [-0.4, -0.2) is 56.8 Å². The molecule has 8 nitrogen and oxygen atoms in total. The van der Waals surface area contributed by atoms with Crippen molar-refractivity contribution in [3.8, 4) is 17.0 Å². The minimum Gasteiger partial charge on any atom is -0.507 e. The topological polar surface area (TPSA) is 92.0 Å². The number of carbonyl (C=O) groups excluding carboxylic acids is 1. The Labute approximate surface area is 230 Å². The first-order valence-electron chi connectivity index (χ1n) is 12.8. The third kappa shape index (κ3) is 5.67. The van der Waals surface area contributed by atoms with Gasteiger partial charge in [-0.1, -0.05) is 42.5 Å². The maximum absolute atomic E-state index is 13.2. The van der Waals surface area contributed by atoms with Crippen LogP contribution in [0.25, 0.3) is 23.0 Å². The van der Waals surface area contributed by atoms with Crippen molar-refractivity contribution in [1.29, 1.82) is 0 Å². The number of fused-ring (bicyclic) bond motifs is 1. The summed E-state index contributed by atoms with van der Waals surface area (Å²) in [5, 5.41) is 18.4. The molecule has 1 aliphatic rings. The number of aromatic nitrogens is 3. The number of anilines is 1. The van der Waals surface area contributed by atoms with Gasteiger partial charge >= 0.3 is 0 Å². The van der Waals surface area contributed by atoms with E-state index in [1.54, 1.807) is 22.8 Å². The summed E-state index contributed by atoms with van der Waals surface area (Å²) in [6, 6.07) is 18.8. The zero-order chi connectivity index (χ0) is 26.5. The molecule has 9 heteroatoms. The van der Waals surface area contributed by atoms with Gasteiger partial charge in [-0.15, -0.1) is 0 Å². The zero-order valence-electron chi connectivity index (χ0n) is 21.2. The number of rotatable bonds is 8. The van der Waals surface area contributed by atoms with Crippen LogP contribution in [0.1, 0.15) is 25.3 Å². The van der Waals surface area contributed by atoms with E-state index in [0.29, 0.717) is 48.3 Å². The highest BCUT2D eigenvalue weighted by Gasteiger charge is 2.26. The lowest BCUT2D eigenvalue weighted by Crippen LogP contribution is -2.41. The van der Waals surface area contributed by atoms with Gasteiger partial charge in [0.15, 0.2) is 11.4 Å². The Morgan fingerprint density at radius 1 is 1.16 bits per heavy atom. The molecule has 2 aromatic heterocycles. The number of ether oxygens (including phenoxy) is 1. The molecule has 0 saturated carbocycles. The second-order valence-corrected chi connectivity index (χ2v) is 10.1. The Bertz CT molecular complexity index is 1450. The second-order valence-electron chi connectivity index (χ2n) is 9.24. The lowest BCUT2D eigenvalue weighted by atomic mass is 9.96. The van der Waals surface area contributed by atoms with E-state index in [1.807, 2.05) is 66.4 Å². The van der Waals surface area contributed by atoms with Crippen LogP contribution < -0.4 is 5.32 Å². The number of amides is 1. The van der Waals surface area contributed by atoms with Gasteiger partial charge in [0, 0.05) is 31.3 Å². The predicted octanol–water partition coefficient (Wildman–Crippen LogP) is 5.59. The van der Waals surface area contributed by atoms with Gasteiger partial charge in [0.2, 0.25) is 0 Å². The highest BCUT2D eigenvalue weighted by molar-refractivity contribution is 9.10.